The van der Waals surface area contributed by atoms with Crippen LogP contribution in [0.25, 0.3) is 0 Å². The smallest absolute Gasteiger partial charge is 0.405 e. The molecule has 0 atom stereocenters. The van der Waals surface area contributed by atoms with E-state index in [1.807, 2.05) is 13.0 Å². The van der Waals surface area contributed by atoms with Gasteiger partial charge in [0.15, 0.2) is 0 Å². The third-order valence-corrected chi connectivity index (χ3v) is 4.23. The summed E-state index contributed by atoms with van der Waals surface area (Å²) in [4.78, 5) is 23.1. The number of carbonyl (C=O) groups excluding carboxylic acids is 1. The average molecular weight is 425 g/mol. The standard InChI is InChI=1S/C19H22F3N5O3/c1-13-12-16(27-8-10-29-11-9-27)26-18(25-13)24-7-6-23-17(28)14-4-2-3-5-15(14)30-19(20,21)22/h2-5,12H,6-11H2,1H3,(H,23,28)(H,24,25,26). The lowest BCUT2D eigenvalue weighted by molar-refractivity contribution is -0.274. The molecule has 0 bridgehead atoms. The number of para-hydroxylation sites is 1. The van der Waals surface area contributed by atoms with Gasteiger partial charge in [0.1, 0.15) is 11.6 Å². The number of amides is 1. The van der Waals surface area contributed by atoms with Crippen LogP contribution >= 0.6 is 0 Å². The van der Waals surface area contributed by atoms with Crippen molar-refractivity contribution in [3.8, 4) is 5.75 Å². The number of anilines is 2. The Morgan fingerprint density at radius 2 is 1.93 bits per heavy atom. The SMILES string of the molecule is Cc1cc(N2CCOCC2)nc(NCCNC(=O)c2ccccc2OC(F)(F)F)n1. The van der Waals surface area contributed by atoms with Crippen molar-refractivity contribution < 1.29 is 27.4 Å². The van der Waals surface area contributed by atoms with Gasteiger partial charge < -0.3 is 25.0 Å². The molecule has 0 spiro atoms. The van der Waals surface area contributed by atoms with Crippen LogP contribution in [0.1, 0.15) is 16.1 Å². The number of aryl methyl sites for hydroxylation is 1. The number of rotatable bonds is 7. The van der Waals surface area contributed by atoms with Gasteiger partial charge in [-0.05, 0) is 19.1 Å². The lowest BCUT2D eigenvalue weighted by Crippen LogP contribution is -2.37. The molecular weight excluding hydrogens is 403 g/mol. The fourth-order valence-corrected chi connectivity index (χ4v) is 2.90. The van der Waals surface area contributed by atoms with Crippen molar-refractivity contribution in [2.24, 2.45) is 0 Å². The van der Waals surface area contributed by atoms with Crippen LogP contribution in [-0.2, 0) is 4.74 Å². The molecule has 1 fully saturated rings. The van der Waals surface area contributed by atoms with Crippen LogP contribution in [0.3, 0.4) is 0 Å². The normalized spacial score (nSPS) is 14.3. The number of nitrogens with zero attached hydrogens (tertiary/aromatic N) is 3. The predicted octanol–water partition coefficient (Wildman–Crippen LogP) is 2.36. The molecular formula is C19H22F3N5O3. The van der Waals surface area contributed by atoms with Crippen molar-refractivity contribution in [1.29, 1.82) is 0 Å². The second kappa shape index (κ2) is 9.61. The molecule has 8 nitrogen and oxygen atoms in total. The molecule has 2 aromatic rings. The Bertz CT molecular complexity index is 873. The van der Waals surface area contributed by atoms with Crippen molar-refractivity contribution in [2.45, 2.75) is 13.3 Å². The Morgan fingerprint density at radius 3 is 2.67 bits per heavy atom. The van der Waals surface area contributed by atoms with Gasteiger partial charge in [0.2, 0.25) is 5.95 Å². The molecule has 3 rings (SSSR count). The Morgan fingerprint density at radius 1 is 1.20 bits per heavy atom. The van der Waals surface area contributed by atoms with Crippen molar-refractivity contribution in [3.63, 3.8) is 0 Å². The zero-order chi connectivity index (χ0) is 21.6. The van der Waals surface area contributed by atoms with Gasteiger partial charge in [0.05, 0.1) is 18.8 Å². The third kappa shape index (κ3) is 6.21. The first kappa shape index (κ1) is 21.6. The van der Waals surface area contributed by atoms with Crippen molar-refractivity contribution in [2.75, 3.05) is 49.6 Å². The molecule has 0 unspecified atom stereocenters. The number of nitrogens with one attached hydrogen (secondary N) is 2. The van der Waals surface area contributed by atoms with Crippen LogP contribution in [-0.4, -0.2) is 61.6 Å². The van der Waals surface area contributed by atoms with Gasteiger partial charge in [0.25, 0.3) is 5.91 Å². The zero-order valence-corrected chi connectivity index (χ0v) is 16.3. The minimum atomic E-state index is -4.88. The Hall–Kier alpha value is -3.08. The summed E-state index contributed by atoms with van der Waals surface area (Å²) in [5, 5.41) is 5.58. The Balaban J connectivity index is 1.54. The van der Waals surface area contributed by atoms with Crippen LogP contribution in [0.4, 0.5) is 24.9 Å². The number of carbonyl (C=O) groups is 1. The highest BCUT2D eigenvalue weighted by atomic mass is 19.4. The van der Waals surface area contributed by atoms with E-state index in [4.69, 9.17) is 4.74 Å². The summed E-state index contributed by atoms with van der Waals surface area (Å²) < 4.78 is 46.7. The van der Waals surface area contributed by atoms with E-state index in [0.717, 1.165) is 30.7 Å². The maximum Gasteiger partial charge on any atom is 0.573 e. The van der Waals surface area contributed by atoms with E-state index in [1.54, 1.807) is 0 Å². The van der Waals surface area contributed by atoms with Gasteiger partial charge in [-0.2, -0.15) is 4.98 Å². The molecule has 1 aromatic carbocycles. The first-order chi connectivity index (χ1) is 14.3. The maximum atomic E-state index is 12.5. The highest BCUT2D eigenvalue weighted by Gasteiger charge is 2.32. The lowest BCUT2D eigenvalue weighted by Gasteiger charge is -2.28. The number of hydrogen-bond donors (Lipinski definition) is 2. The topological polar surface area (TPSA) is 88.6 Å². The summed E-state index contributed by atoms with van der Waals surface area (Å²) >= 11 is 0. The number of halogens is 3. The molecule has 2 heterocycles. The summed E-state index contributed by atoms with van der Waals surface area (Å²) in [6.45, 7) is 5.06. The number of aromatic nitrogens is 2. The molecule has 0 radical (unpaired) electrons. The number of morpholine rings is 1. The van der Waals surface area contributed by atoms with Crippen LogP contribution in [0, 0.1) is 6.92 Å². The average Bonchev–Trinajstić information content (AvgIpc) is 2.70. The molecule has 1 amide bonds. The molecule has 0 saturated carbocycles. The van der Waals surface area contributed by atoms with Crippen molar-refractivity contribution in [1.82, 2.24) is 15.3 Å². The van der Waals surface area contributed by atoms with E-state index in [9.17, 15) is 18.0 Å². The van der Waals surface area contributed by atoms with Crippen LogP contribution in [0.15, 0.2) is 30.3 Å². The van der Waals surface area contributed by atoms with Gasteiger partial charge >= 0.3 is 6.36 Å². The first-order valence-corrected chi connectivity index (χ1v) is 9.37. The van der Waals surface area contributed by atoms with E-state index in [-0.39, 0.29) is 12.1 Å². The third-order valence-electron chi connectivity index (χ3n) is 4.23. The Labute approximate surface area is 171 Å². The quantitative estimate of drug-likeness (QED) is 0.659. The van der Waals surface area contributed by atoms with E-state index in [0.29, 0.717) is 25.7 Å². The van der Waals surface area contributed by atoms with Gasteiger partial charge in [-0.15, -0.1) is 13.2 Å². The van der Waals surface area contributed by atoms with E-state index >= 15 is 0 Å². The summed E-state index contributed by atoms with van der Waals surface area (Å²) in [6, 6.07) is 7.07. The van der Waals surface area contributed by atoms with E-state index in [1.165, 1.54) is 18.2 Å². The van der Waals surface area contributed by atoms with Gasteiger partial charge in [-0.25, -0.2) is 4.98 Å². The molecule has 1 aliphatic heterocycles. The highest BCUT2D eigenvalue weighted by Crippen LogP contribution is 2.26. The summed E-state index contributed by atoms with van der Waals surface area (Å²) in [6.07, 6.45) is -4.88. The second-order valence-corrected chi connectivity index (χ2v) is 6.52. The largest absolute Gasteiger partial charge is 0.573 e. The monoisotopic (exact) mass is 425 g/mol. The van der Waals surface area contributed by atoms with Crippen LogP contribution in [0.2, 0.25) is 0 Å². The Kier molecular flexibility index (Phi) is 6.93. The molecule has 162 valence electrons. The molecule has 30 heavy (non-hydrogen) atoms. The molecule has 11 heteroatoms. The van der Waals surface area contributed by atoms with E-state index < -0.39 is 18.0 Å². The molecule has 2 N–H and O–H groups in total. The fourth-order valence-electron chi connectivity index (χ4n) is 2.90. The second-order valence-electron chi connectivity index (χ2n) is 6.52. The minimum absolute atomic E-state index is 0.156. The molecule has 1 aliphatic rings. The number of alkyl halides is 3. The van der Waals surface area contributed by atoms with Gasteiger partial charge in [0, 0.05) is 37.9 Å². The number of benzene rings is 1. The molecule has 0 aliphatic carbocycles. The number of ether oxygens (including phenoxy) is 2. The van der Waals surface area contributed by atoms with E-state index in [2.05, 4.69) is 30.2 Å². The van der Waals surface area contributed by atoms with Crippen LogP contribution in [0.5, 0.6) is 5.75 Å². The maximum absolute atomic E-state index is 12.5. The summed E-state index contributed by atoms with van der Waals surface area (Å²) in [5.41, 5.74) is 0.590. The minimum Gasteiger partial charge on any atom is -0.405 e. The van der Waals surface area contributed by atoms with Crippen molar-refractivity contribution >= 4 is 17.7 Å². The fraction of sp³-hybridized carbons (Fsp3) is 0.421. The van der Waals surface area contributed by atoms with Gasteiger partial charge in [-0.1, -0.05) is 12.1 Å². The molecule has 1 aromatic heterocycles. The summed E-state index contributed by atoms with van der Waals surface area (Å²) in [7, 11) is 0. The van der Waals surface area contributed by atoms with Crippen molar-refractivity contribution in [3.05, 3.63) is 41.6 Å². The molecule has 1 saturated heterocycles. The predicted molar refractivity (Wildman–Crippen MR) is 104 cm³/mol. The first-order valence-electron chi connectivity index (χ1n) is 9.37. The van der Waals surface area contributed by atoms with Crippen LogP contribution < -0.4 is 20.3 Å². The lowest BCUT2D eigenvalue weighted by atomic mass is 10.2. The number of hydrogen-bond acceptors (Lipinski definition) is 7. The summed E-state index contributed by atoms with van der Waals surface area (Å²) in [5.74, 6) is -0.0226. The van der Waals surface area contributed by atoms with Gasteiger partial charge in [-0.3, -0.25) is 4.79 Å². The zero-order valence-electron chi connectivity index (χ0n) is 16.3. The highest BCUT2D eigenvalue weighted by molar-refractivity contribution is 5.96.